The van der Waals surface area contributed by atoms with Crippen molar-refractivity contribution in [1.29, 1.82) is 0 Å². The molecule has 0 bridgehead atoms. The van der Waals surface area contributed by atoms with Crippen LogP contribution in [0, 0.1) is 0 Å². The van der Waals surface area contributed by atoms with Gasteiger partial charge in [0.05, 0.1) is 21.8 Å². The summed E-state index contributed by atoms with van der Waals surface area (Å²) in [6, 6.07) is 5.93. The smallest absolute Gasteiger partial charge is 0.313 e. The molecule has 0 radical (unpaired) electrons. The molecule has 1 N–H and O–H groups in total. The molecule has 4 nitrogen and oxygen atoms in total. The molecular formula is C15H15ClN2O2S. The van der Waals surface area contributed by atoms with E-state index < -0.39 is 5.97 Å². The van der Waals surface area contributed by atoms with Gasteiger partial charge in [-0.2, -0.15) is 0 Å². The fraction of sp³-hybridized carbons (Fsp3) is 0.333. The number of imidazole rings is 1. The largest absolute Gasteiger partial charge is 0.481 e. The Morgan fingerprint density at radius 3 is 3.05 bits per heavy atom. The highest BCUT2D eigenvalue weighted by Crippen LogP contribution is 2.36. The number of rotatable bonds is 4. The lowest BCUT2D eigenvalue weighted by Gasteiger charge is -2.22. The van der Waals surface area contributed by atoms with Crippen LogP contribution in [0.5, 0.6) is 0 Å². The molecule has 6 heteroatoms. The van der Waals surface area contributed by atoms with Crippen LogP contribution in [0.2, 0.25) is 5.02 Å². The van der Waals surface area contributed by atoms with Crippen molar-refractivity contribution >= 4 is 40.4 Å². The minimum atomic E-state index is -0.840. The molecule has 1 aliphatic rings. The molecule has 1 heterocycles. The third-order valence-electron chi connectivity index (χ3n) is 3.56. The van der Waals surface area contributed by atoms with Crippen molar-refractivity contribution in [3.8, 4) is 0 Å². The number of carboxylic acids is 1. The third-order valence-corrected chi connectivity index (χ3v) is 4.80. The number of thioether (sulfide) groups is 1. The predicted molar refractivity (Wildman–Crippen MR) is 85.1 cm³/mol. The van der Waals surface area contributed by atoms with Gasteiger partial charge in [-0.3, -0.25) is 4.79 Å². The summed E-state index contributed by atoms with van der Waals surface area (Å²) in [5.41, 5.74) is 1.73. The first-order chi connectivity index (χ1) is 10.2. The predicted octanol–water partition coefficient (Wildman–Crippen LogP) is 4.15. The van der Waals surface area contributed by atoms with E-state index in [9.17, 15) is 4.79 Å². The Kier molecular flexibility index (Phi) is 4.22. The Labute approximate surface area is 131 Å². The Balaban J connectivity index is 2.09. The third kappa shape index (κ3) is 2.94. The lowest BCUT2D eigenvalue weighted by molar-refractivity contribution is -0.133. The number of aliphatic carboxylic acids is 1. The van der Waals surface area contributed by atoms with Crippen LogP contribution < -0.4 is 0 Å². The topological polar surface area (TPSA) is 55.1 Å². The Bertz CT molecular complexity index is 711. The highest BCUT2D eigenvalue weighted by Gasteiger charge is 2.22. The fourth-order valence-electron chi connectivity index (χ4n) is 2.66. The van der Waals surface area contributed by atoms with E-state index in [1.54, 1.807) is 0 Å². The first-order valence-corrected chi connectivity index (χ1v) is 8.19. The van der Waals surface area contributed by atoms with Crippen molar-refractivity contribution in [3.63, 3.8) is 0 Å². The molecule has 1 aromatic carbocycles. The summed E-state index contributed by atoms with van der Waals surface area (Å²) in [4.78, 5) is 15.4. The van der Waals surface area contributed by atoms with Gasteiger partial charge >= 0.3 is 5.97 Å². The molecule has 0 amide bonds. The minimum Gasteiger partial charge on any atom is -0.481 e. The van der Waals surface area contributed by atoms with E-state index in [1.807, 2.05) is 18.2 Å². The van der Waals surface area contributed by atoms with E-state index in [1.165, 1.54) is 11.8 Å². The number of nitrogens with zero attached hydrogens (tertiary/aromatic N) is 2. The average Bonchev–Trinajstić information content (AvgIpc) is 2.86. The highest BCUT2D eigenvalue weighted by molar-refractivity contribution is 7.99. The normalized spacial score (nSPS) is 18.2. The van der Waals surface area contributed by atoms with E-state index in [-0.39, 0.29) is 11.8 Å². The number of aromatic nitrogens is 2. The molecule has 0 saturated carbocycles. The number of carboxylic acid groups (broad SMARTS) is 1. The Morgan fingerprint density at radius 1 is 1.48 bits per heavy atom. The van der Waals surface area contributed by atoms with E-state index in [0.717, 1.165) is 35.5 Å². The molecule has 0 saturated heterocycles. The standard InChI is InChI=1S/C15H15ClN2O2S/c16-11-7-4-8-12-14(11)18(10-5-2-1-3-6-10)15(17-12)21-9-13(19)20/h1-2,4,7-8,10H,3,5-6,9H2,(H,19,20). The summed E-state index contributed by atoms with van der Waals surface area (Å²) >= 11 is 7.61. The summed E-state index contributed by atoms with van der Waals surface area (Å²) in [6.07, 6.45) is 7.33. The second-order valence-corrected chi connectivity index (χ2v) is 6.34. The Morgan fingerprint density at radius 2 is 2.33 bits per heavy atom. The number of fused-ring (bicyclic) bond motifs is 1. The summed E-state index contributed by atoms with van der Waals surface area (Å²) in [5.74, 6) is -0.836. The zero-order chi connectivity index (χ0) is 14.8. The van der Waals surface area contributed by atoms with Crippen LogP contribution in [-0.2, 0) is 4.79 Å². The average molecular weight is 323 g/mol. The van der Waals surface area contributed by atoms with Crippen LogP contribution in [0.3, 0.4) is 0 Å². The van der Waals surface area contributed by atoms with Crippen molar-refractivity contribution in [1.82, 2.24) is 9.55 Å². The molecule has 0 fully saturated rings. The second-order valence-electron chi connectivity index (χ2n) is 4.99. The highest BCUT2D eigenvalue weighted by atomic mass is 35.5. The number of allylic oxidation sites excluding steroid dienone is 2. The molecule has 1 unspecified atom stereocenters. The molecule has 1 atom stereocenters. The van der Waals surface area contributed by atoms with Gasteiger partial charge in [0.1, 0.15) is 0 Å². The van der Waals surface area contributed by atoms with Crippen molar-refractivity contribution < 1.29 is 9.90 Å². The monoisotopic (exact) mass is 322 g/mol. The minimum absolute atomic E-state index is 0.00347. The first-order valence-electron chi connectivity index (χ1n) is 6.83. The first kappa shape index (κ1) is 14.5. The van der Waals surface area contributed by atoms with Crippen LogP contribution in [0.25, 0.3) is 11.0 Å². The van der Waals surface area contributed by atoms with E-state index >= 15 is 0 Å². The molecule has 3 rings (SSSR count). The summed E-state index contributed by atoms with van der Waals surface area (Å²) in [6.45, 7) is 0. The van der Waals surface area contributed by atoms with Crippen LogP contribution in [0.15, 0.2) is 35.5 Å². The SMILES string of the molecule is O=C(O)CSc1nc2cccc(Cl)c2n1C1CC=CCC1. The number of halogens is 1. The number of hydrogen-bond donors (Lipinski definition) is 1. The maximum Gasteiger partial charge on any atom is 0.313 e. The summed E-state index contributed by atoms with van der Waals surface area (Å²) in [7, 11) is 0. The fourth-order valence-corrected chi connectivity index (χ4v) is 3.72. The maximum atomic E-state index is 10.8. The lowest BCUT2D eigenvalue weighted by atomic mass is 10.0. The summed E-state index contributed by atoms with van der Waals surface area (Å²) in [5, 5.41) is 10.3. The lowest BCUT2D eigenvalue weighted by Crippen LogP contribution is -2.12. The zero-order valence-electron chi connectivity index (χ0n) is 11.3. The van der Waals surface area contributed by atoms with Crippen LogP contribution >= 0.6 is 23.4 Å². The molecule has 2 aromatic rings. The van der Waals surface area contributed by atoms with Gasteiger partial charge in [-0.1, -0.05) is 41.6 Å². The van der Waals surface area contributed by atoms with Crippen molar-refractivity contribution in [2.24, 2.45) is 0 Å². The molecule has 0 aliphatic heterocycles. The van der Waals surface area contributed by atoms with Gasteiger partial charge in [0.15, 0.2) is 5.16 Å². The van der Waals surface area contributed by atoms with Crippen LogP contribution in [0.1, 0.15) is 25.3 Å². The number of para-hydroxylation sites is 1. The van der Waals surface area contributed by atoms with Crippen LogP contribution in [0.4, 0.5) is 0 Å². The maximum absolute atomic E-state index is 10.8. The van der Waals surface area contributed by atoms with E-state index in [2.05, 4.69) is 21.7 Å². The Hall–Kier alpha value is -1.46. The van der Waals surface area contributed by atoms with Crippen LogP contribution in [-0.4, -0.2) is 26.4 Å². The van der Waals surface area contributed by atoms with Gasteiger partial charge in [0.25, 0.3) is 0 Å². The zero-order valence-corrected chi connectivity index (χ0v) is 12.9. The number of carbonyl (C=O) groups is 1. The molecule has 1 aliphatic carbocycles. The quantitative estimate of drug-likeness (QED) is 0.678. The number of benzene rings is 1. The van der Waals surface area contributed by atoms with Gasteiger partial charge in [-0.15, -0.1) is 0 Å². The van der Waals surface area contributed by atoms with Gasteiger partial charge < -0.3 is 9.67 Å². The molecular weight excluding hydrogens is 308 g/mol. The van der Waals surface area contributed by atoms with Crippen molar-refractivity contribution in [3.05, 3.63) is 35.4 Å². The van der Waals surface area contributed by atoms with Gasteiger partial charge in [-0.25, -0.2) is 4.98 Å². The molecule has 110 valence electrons. The van der Waals surface area contributed by atoms with E-state index in [4.69, 9.17) is 16.7 Å². The molecule has 21 heavy (non-hydrogen) atoms. The van der Waals surface area contributed by atoms with Crippen molar-refractivity contribution in [2.45, 2.75) is 30.5 Å². The van der Waals surface area contributed by atoms with Crippen molar-refractivity contribution in [2.75, 3.05) is 5.75 Å². The second kappa shape index (κ2) is 6.12. The van der Waals surface area contributed by atoms with Gasteiger partial charge in [0.2, 0.25) is 0 Å². The summed E-state index contributed by atoms with van der Waals surface area (Å²) < 4.78 is 2.12. The van der Waals surface area contributed by atoms with Gasteiger partial charge in [-0.05, 0) is 31.4 Å². The number of hydrogen-bond acceptors (Lipinski definition) is 3. The molecule has 1 aromatic heterocycles. The van der Waals surface area contributed by atoms with E-state index in [0.29, 0.717) is 5.02 Å². The van der Waals surface area contributed by atoms with Gasteiger partial charge in [0, 0.05) is 6.04 Å². The molecule has 0 spiro atoms.